The normalized spacial score (nSPS) is 14.9. The van der Waals surface area contributed by atoms with Crippen molar-refractivity contribution in [1.82, 2.24) is 9.78 Å². The van der Waals surface area contributed by atoms with Crippen LogP contribution in [0.4, 0.5) is 13.2 Å². The Hall–Kier alpha value is -1.82. The fourth-order valence-corrected chi connectivity index (χ4v) is 2.17. The molecule has 2 aromatic rings. The van der Waals surface area contributed by atoms with Gasteiger partial charge in [0.2, 0.25) is 0 Å². The summed E-state index contributed by atoms with van der Waals surface area (Å²) in [5.74, 6) is -3.05. The fraction of sp³-hybridized carbons (Fsp3) is 0.308. The lowest BCUT2D eigenvalue weighted by atomic mass is 10.2. The molecule has 1 saturated carbocycles. The van der Waals surface area contributed by atoms with E-state index in [9.17, 15) is 18.3 Å². The van der Waals surface area contributed by atoms with E-state index in [1.807, 2.05) is 0 Å². The highest BCUT2D eigenvalue weighted by atomic mass is 19.2. The number of rotatable bonds is 3. The molecule has 0 atom stereocenters. The monoisotopic (exact) mass is 268 g/mol. The average Bonchev–Trinajstić information content (AvgIpc) is 3.13. The van der Waals surface area contributed by atoms with Crippen LogP contribution in [0.15, 0.2) is 18.3 Å². The molecule has 0 aliphatic heterocycles. The lowest BCUT2D eigenvalue weighted by molar-refractivity contribution is 0.280. The van der Waals surface area contributed by atoms with Gasteiger partial charge in [-0.2, -0.15) is 5.10 Å². The third-order valence-corrected chi connectivity index (χ3v) is 3.24. The van der Waals surface area contributed by atoms with Crippen molar-refractivity contribution in [2.24, 2.45) is 0 Å². The van der Waals surface area contributed by atoms with Gasteiger partial charge < -0.3 is 5.11 Å². The van der Waals surface area contributed by atoms with Gasteiger partial charge in [-0.1, -0.05) is 0 Å². The Morgan fingerprint density at radius 1 is 1.16 bits per heavy atom. The molecular formula is C13H11F3N2O. The Balaban J connectivity index is 2.17. The summed E-state index contributed by atoms with van der Waals surface area (Å²) in [6, 6.07) is 1.28. The molecule has 0 saturated heterocycles. The molecule has 19 heavy (non-hydrogen) atoms. The van der Waals surface area contributed by atoms with E-state index < -0.39 is 17.5 Å². The van der Waals surface area contributed by atoms with Gasteiger partial charge in [-0.15, -0.1) is 0 Å². The van der Waals surface area contributed by atoms with Crippen molar-refractivity contribution in [2.75, 3.05) is 0 Å². The topological polar surface area (TPSA) is 38.1 Å². The number of hydrogen-bond donors (Lipinski definition) is 1. The molecule has 0 bridgehead atoms. The highest BCUT2D eigenvalue weighted by Gasteiger charge is 2.31. The Morgan fingerprint density at radius 2 is 1.84 bits per heavy atom. The molecule has 1 aromatic heterocycles. The zero-order chi connectivity index (χ0) is 13.6. The summed E-state index contributed by atoms with van der Waals surface area (Å²) in [7, 11) is 0. The van der Waals surface area contributed by atoms with Crippen molar-refractivity contribution in [1.29, 1.82) is 0 Å². The predicted octanol–water partition coefficient (Wildman–Crippen LogP) is 2.66. The van der Waals surface area contributed by atoms with Crippen LogP contribution in [0.5, 0.6) is 0 Å². The highest BCUT2D eigenvalue weighted by Crippen LogP contribution is 2.42. The van der Waals surface area contributed by atoms with Crippen molar-refractivity contribution >= 4 is 0 Å². The zero-order valence-corrected chi connectivity index (χ0v) is 9.91. The molecule has 1 aliphatic carbocycles. The highest BCUT2D eigenvalue weighted by molar-refractivity contribution is 5.39. The maximum Gasteiger partial charge on any atom is 0.161 e. The quantitative estimate of drug-likeness (QED) is 0.869. The second kappa shape index (κ2) is 4.38. The molecule has 0 spiro atoms. The molecular weight excluding hydrogens is 257 g/mol. The summed E-state index contributed by atoms with van der Waals surface area (Å²) in [6.07, 6.45) is 3.27. The molecule has 3 nitrogen and oxygen atoms in total. The molecule has 1 aromatic carbocycles. The van der Waals surface area contributed by atoms with Crippen LogP contribution in [0.1, 0.15) is 30.0 Å². The molecule has 1 heterocycles. The van der Waals surface area contributed by atoms with Gasteiger partial charge >= 0.3 is 0 Å². The maximum atomic E-state index is 13.8. The zero-order valence-electron chi connectivity index (χ0n) is 9.91. The number of benzene rings is 1. The van der Waals surface area contributed by atoms with Gasteiger partial charge in [-0.25, -0.2) is 17.9 Å². The summed E-state index contributed by atoms with van der Waals surface area (Å²) in [5.41, 5.74) is 1.12. The van der Waals surface area contributed by atoms with Crippen LogP contribution in [0.2, 0.25) is 0 Å². The van der Waals surface area contributed by atoms with Crippen molar-refractivity contribution in [2.45, 2.75) is 25.4 Å². The molecule has 100 valence electrons. The van der Waals surface area contributed by atoms with Gasteiger partial charge in [0, 0.05) is 23.6 Å². The van der Waals surface area contributed by atoms with Crippen LogP contribution >= 0.6 is 0 Å². The number of aliphatic hydroxyl groups excluding tert-OH is 1. The molecule has 1 fully saturated rings. The van der Waals surface area contributed by atoms with Crippen LogP contribution < -0.4 is 0 Å². The first-order chi connectivity index (χ1) is 9.11. The largest absolute Gasteiger partial charge is 0.392 e. The second-order valence-corrected chi connectivity index (χ2v) is 4.62. The van der Waals surface area contributed by atoms with Gasteiger partial charge in [0.25, 0.3) is 0 Å². The van der Waals surface area contributed by atoms with Crippen molar-refractivity contribution in [3.63, 3.8) is 0 Å². The van der Waals surface area contributed by atoms with E-state index in [1.165, 1.54) is 10.9 Å². The van der Waals surface area contributed by atoms with E-state index in [4.69, 9.17) is 0 Å². The minimum Gasteiger partial charge on any atom is -0.392 e. The predicted molar refractivity (Wildman–Crippen MR) is 61.3 cm³/mol. The first-order valence-electron chi connectivity index (χ1n) is 5.94. The van der Waals surface area contributed by atoms with Gasteiger partial charge in [0.15, 0.2) is 17.5 Å². The fourth-order valence-electron chi connectivity index (χ4n) is 2.17. The molecule has 1 N–H and O–H groups in total. The van der Waals surface area contributed by atoms with Crippen molar-refractivity contribution in [3.8, 4) is 5.69 Å². The molecule has 6 heteroatoms. The molecule has 0 amide bonds. The van der Waals surface area contributed by atoms with E-state index in [2.05, 4.69) is 5.10 Å². The minimum absolute atomic E-state index is 0.138. The van der Waals surface area contributed by atoms with Crippen LogP contribution in [0.25, 0.3) is 5.69 Å². The average molecular weight is 268 g/mol. The number of aliphatic hydroxyl groups is 1. The van der Waals surface area contributed by atoms with Gasteiger partial charge in [-0.3, -0.25) is 0 Å². The molecule has 1 aliphatic rings. The summed E-state index contributed by atoms with van der Waals surface area (Å²) in [6.45, 7) is -0.211. The van der Waals surface area contributed by atoms with Crippen LogP contribution in [0, 0.1) is 17.5 Å². The van der Waals surface area contributed by atoms with E-state index >= 15 is 0 Å². The van der Waals surface area contributed by atoms with Gasteiger partial charge in [0.1, 0.15) is 5.69 Å². The number of hydrogen-bond acceptors (Lipinski definition) is 2. The summed E-state index contributed by atoms with van der Waals surface area (Å²) < 4.78 is 41.2. The Morgan fingerprint density at radius 3 is 2.47 bits per heavy atom. The second-order valence-electron chi connectivity index (χ2n) is 4.62. The number of aromatic nitrogens is 2. The van der Waals surface area contributed by atoms with Crippen molar-refractivity contribution < 1.29 is 18.3 Å². The first kappa shape index (κ1) is 12.2. The Bertz CT molecular complexity index is 635. The summed E-state index contributed by atoms with van der Waals surface area (Å²) in [4.78, 5) is 0. The minimum atomic E-state index is -1.23. The standard InChI is InChI=1S/C13H11F3N2O/c14-9-3-11(16)12(4-10(9)15)18-13(7-1-2-7)8(6-19)5-17-18/h3-5,7,19H,1-2,6H2. The van der Waals surface area contributed by atoms with E-state index in [0.717, 1.165) is 18.9 Å². The Kier molecular flexibility index (Phi) is 2.82. The third kappa shape index (κ3) is 2.02. The third-order valence-electron chi connectivity index (χ3n) is 3.24. The molecule has 0 radical (unpaired) electrons. The summed E-state index contributed by atoms with van der Waals surface area (Å²) in [5, 5.41) is 13.2. The maximum absolute atomic E-state index is 13.8. The van der Waals surface area contributed by atoms with E-state index in [-0.39, 0.29) is 18.2 Å². The lowest BCUT2D eigenvalue weighted by Crippen LogP contribution is -2.06. The molecule has 3 rings (SSSR count). The number of nitrogens with zero attached hydrogens (tertiary/aromatic N) is 2. The van der Waals surface area contributed by atoms with Gasteiger partial charge in [-0.05, 0) is 12.8 Å². The summed E-state index contributed by atoms with van der Waals surface area (Å²) >= 11 is 0. The SMILES string of the molecule is OCc1cnn(-c2cc(F)c(F)cc2F)c1C1CC1. The van der Waals surface area contributed by atoms with Crippen LogP contribution in [-0.4, -0.2) is 14.9 Å². The van der Waals surface area contributed by atoms with Crippen molar-refractivity contribution in [3.05, 3.63) is 47.0 Å². The number of halogens is 3. The van der Waals surface area contributed by atoms with Crippen LogP contribution in [0.3, 0.4) is 0 Å². The smallest absolute Gasteiger partial charge is 0.161 e. The van der Waals surface area contributed by atoms with Gasteiger partial charge in [0.05, 0.1) is 18.5 Å². The lowest BCUT2D eigenvalue weighted by Gasteiger charge is -2.09. The van der Waals surface area contributed by atoms with E-state index in [0.29, 0.717) is 17.3 Å². The first-order valence-corrected chi connectivity index (χ1v) is 5.94. The molecule has 0 unspecified atom stereocenters. The Labute approximate surface area is 107 Å². The van der Waals surface area contributed by atoms with E-state index in [1.54, 1.807) is 0 Å². The van der Waals surface area contributed by atoms with Crippen LogP contribution in [-0.2, 0) is 6.61 Å².